The highest BCUT2D eigenvalue weighted by molar-refractivity contribution is 5.98. The van der Waals surface area contributed by atoms with E-state index in [1.165, 1.54) is 37.7 Å². The summed E-state index contributed by atoms with van der Waals surface area (Å²) >= 11 is 0. The number of hydrogen-bond donors (Lipinski definition) is 6. The summed E-state index contributed by atoms with van der Waals surface area (Å²) in [6, 6.07) is -1.22. The fourth-order valence-corrected chi connectivity index (χ4v) is 2.58. The zero-order chi connectivity index (χ0) is 24.4. The molecule has 0 unspecified atom stereocenters. The molecule has 2 rings (SSSR count). The molecule has 0 saturated carbocycles. The van der Waals surface area contributed by atoms with E-state index >= 15 is 0 Å². The molecular formula is C20H24N8O5. The number of nitrogens with zero attached hydrogens (tertiary/aromatic N) is 3. The van der Waals surface area contributed by atoms with Gasteiger partial charge in [-0.25, -0.2) is 14.8 Å². The Labute approximate surface area is 187 Å². The van der Waals surface area contributed by atoms with Crippen molar-refractivity contribution >= 4 is 34.9 Å². The smallest absolute Gasteiger partial charge is 0.326 e. The predicted octanol–water partition coefficient (Wildman–Crippen LogP) is -0.893. The van der Waals surface area contributed by atoms with Crippen molar-refractivity contribution in [2.45, 2.75) is 25.4 Å². The van der Waals surface area contributed by atoms with Crippen LogP contribution in [0.15, 0.2) is 47.6 Å². The SMILES string of the molecule is C=C/C(=C\C=C\NCc1cnc2nc(N)[nH]c(=O)c2n1)C(=O)N[C@@H](CCC(=O)NC)C(=O)O. The first kappa shape index (κ1) is 24.7. The van der Waals surface area contributed by atoms with Crippen molar-refractivity contribution in [3.05, 3.63) is 58.8 Å². The number of nitrogen functional groups attached to an aromatic ring is 1. The van der Waals surface area contributed by atoms with E-state index in [-0.39, 0.29) is 48.0 Å². The third kappa shape index (κ3) is 7.27. The summed E-state index contributed by atoms with van der Waals surface area (Å²) in [5.41, 5.74) is 5.75. The van der Waals surface area contributed by atoms with Crippen LogP contribution in [0.1, 0.15) is 18.5 Å². The molecule has 2 heterocycles. The van der Waals surface area contributed by atoms with Crippen LogP contribution in [0, 0.1) is 0 Å². The molecule has 1 atom stereocenters. The highest BCUT2D eigenvalue weighted by Crippen LogP contribution is 2.04. The van der Waals surface area contributed by atoms with Crippen LogP contribution in [-0.4, -0.2) is 55.9 Å². The molecule has 0 aliphatic rings. The Morgan fingerprint density at radius 2 is 2.09 bits per heavy atom. The van der Waals surface area contributed by atoms with E-state index in [0.29, 0.717) is 5.69 Å². The summed E-state index contributed by atoms with van der Waals surface area (Å²) in [4.78, 5) is 61.3. The van der Waals surface area contributed by atoms with Gasteiger partial charge in [0.05, 0.1) is 18.4 Å². The van der Waals surface area contributed by atoms with Crippen molar-refractivity contribution in [2.24, 2.45) is 0 Å². The number of carboxylic acids is 1. The average Bonchev–Trinajstić information content (AvgIpc) is 2.78. The van der Waals surface area contributed by atoms with Gasteiger partial charge in [-0.3, -0.25) is 19.4 Å². The molecule has 2 aromatic heterocycles. The summed E-state index contributed by atoms with van der Waals surface area (Å²) < 4.78 is 0. The summed E-state index contributed by atoms with van der Waals surface area (Å²) in [6.45, 7) is 3.78. The Kier molecular flexibility index (Phi) is 8.79. The van der Waals surface area contributed by atoms with Crippen LogP contribution in [0.25, 0.3) is 11.2 Å². The van der Waals surface area contributed by atoms with Gasteiger partial charge >= 0.3 is 5.97 Å². The Hall–Kier alpha value is -4.55. The molecule has 0 spiro atoms. The molecule has 7 N–H and O–H groups in total. The van der Waals surface area contributed by atoms with E-state index in [9.17, 15) is 24.3 Å². The van der Waals surface area contributed by atoms with Gasteiger partial charge in [0, 0.05) is 19.0 Å². The average molecular weight is 456 g/mol. The Bertz CT molecular complexity index is 1170. The minimum Gasteiger partial charge on any atom is -0.480 e. The lowest BCUT2D eigenvalue weighted by molar-refractivity contribution is -0.141. The molecule has 13 nitrogen and oxygen atoms in total. The molecule has 0 bridgehead atoms. The molecule has 2 aromatic rings. The second kappa shape index (κ2) is 11.7. The highest BCUT2D eigenvalue weighted by Gasteiger charge is 2.21. The zero-order valence-electron chi connectivity index (χ0n) is 17.8. The van der Waals surface area contributed by atoms with Crippen molar-refractivity contribution in [1.29, 1.82) is 0 Å². The molecule has 0 saturated heterocycles. The number of carbonyl (C=O) groups is 3. The Morgan fingerprint density at radius 3 is 2.76 bits per heavy atom. The number of rotatable bonds is 11. The molecule has 13 heteroatoms. The Morgan fingerprint density at radius 1 is 1.33 bits per heavy atom. The molecular weight excluding hydrogens is 432 g/mol. The topological polar surface area (TPSA) is 205 Å². The summed E-state index contributed by atoms with van der Waals surface area (Å²) in [7, 11) is 1.44. The van der Waals surface area contributed by atoms with Crippen LogP contribution in [0.4, 0.5) is 5.95 Å². The van der Waals surface area contributed by atoms with E-state index in [1.54, 1.807) is 0 Å². The number of aromatic nitrogens is 4. The zero-order valence-corrected chi connectivity index (χ0v) is 17.8. The van der Waals surface area contributed by atoms with Gasteiger partial charge in [-0.05, 0) is 24.8 Å². The van der Waals surface area contributed by atoms with Crippen LogP contribution in [0.3, 0.4) is 0 Å². The van der Waals surface area contributed by atoms with E-state index in [0.717, 1.165) is 0 Å². The Balaban J connectivity index is 1.96. The van der Waals surface area contributed by atoms with Crippen molar-refractivity contribution in [3.8, 4) is 0 Å². The number of allylic oxidation sites excluding steroid dienone is 2. The maximum absolute atomic E-state index is 12.3. The summed E-state index contributed by atoms with van der Waals surface area (Å²) in [6.07, 6.45) is 7.08. The van der Waals surface area contributed by atoms with Gasteiger partial charge in [-0.2, -0.15) is 4.98 Å². The predicted molar refractivity (Wildman–Crippen MR) is 119 cm³/mol. The van der Waals surface area contributed by atoms with E-state index in [4.69, 9.17) is 5.73 Å². The summed E-state index contributed by atoms with van der Waals surface area (Å²) in [5.74, 6) is -2.28. The van der Waals surface area contributed by atoms with Crippen LogP contribution >= 0.6 is 0 Å². The number of hydrogen-bond acceptors (Lipinski definition) is 9. The molecule has 0 radical (unpaired) electrons. The van der Waals surface area contributed by atoms with Crippen LogP contribution < -0.4 is 27.2 Å². The molecule has 2 amide bonds. The second-order valence-corrected chi connectivity index (χ2v) is 6.63. The second-order valence-electron chi connectivity index (χ2n) is 6.63. The fourth-order valence-electron chi connectivity index (χ4n) is 2.58. The largest absolute Gasteiger partial charge is 0.480 e. The van der Waals surface area contributed by atoms with E-state index < -0.39 is 23.5 Å². The fraction of sp³-hybridized carbons (Fsp3) is 0.250. The molecule has 174 valence electrons. The number of H-pyrrole nitrogens is 1. The molecule has 0 aromatic carbocycles. The number of aliphatic carboxylic acids is 1. The summed E-state index contributed by atoms with van der Waals surface area (Å²) in [5, 5.41) is 16.9. The number of nitrogens with two attached hydrogens (primary N) is 1. The van der Waals surface area contributed by atoms with Crippen LogP contribution in [-0.2, 0) is 20.9 Å². The van der Waals surface area contributed by atoms with Gasteiger partial charge in [-0.1, -0.05) is 12.7 Å². The van der Waals surface area contributed by atoms with Crippen molar-refractivity contribution in [3.63, 3.8) is 0 Å². The molecule has 0 aliphatic carbocycles. The number of carbonyl (C=O) groups excluding carboxylic acids is 2. The van der Waals surface area contributed by atoms with E-state index in [2.05, 4.69) is 42.5 Å². The van der Waals surface area contributed by atoms with Gasteiger partial charge < -0.3 is 26.8 Å². The highest BCUT2D eigenvalue weighted by atomic mass is 16.4. The lowest BCUT2D eigenvalue weighted by Crippen LogP contribution is -2.42. The first-order valence-corrected chi connectivity index (χ1v) is 9.73. The quantitative estimate of drug-likeness (QED) is 0.182. The third-order valence-corrected chi connectivity index (χ3v) is 4.28. The normalized spacial score (nSPS) is 12.3. The van der Waals surface area contributed by atoms with Crippen molar-refractivity contribution in [1.82, 2.24) is 35.9 Å². The number of fused-ring (bicyclic) bond motifs is 1. The minimum atomic E-state index is -1.25. The van der Waals surface area contributed by atoms with Gasteiger partial charge in [0.1, 0.15) is 6.04 Å². The minimum absolute atomic E-state index is 0.0440. The number of carboxylic acid groups (broad SMARTS) is 1. The molecule has 0 aliphatic heterocycles. The van der Waals surface area contributed by atoms with E-state index in [1.807, 2.05) is 0 Å². The van der Waals surface area contributed by atoms with Crippen molar-refractivity contribution in [2.75, 3.05) is 12.8 Å². The van der Waals surface area contributed by atoms with Crippen LogP contribution in [0.5, 0.6) is 0 Å². The first-order chi connectivity index (χ1) is 15.7. The van der Waals surface area contributed by atoms with Crippen LogP contribution in [0.2, 0.25) is 0 Å². The maximum atomic E-state index is 12.3. The lowest BCUT2D eigenvalue weighted by atomic mass is 10.1. The lowest BCUT2D eigenvalue weighted by Gasteiger charge is -2.14. The maximum Gasteiger partial charge on any atom is 0.326 e. The van der Waals surface area contributed by atoms with Gasteiger partial charge in [-0.15, -0.1) is 0 Å². The molecule has 0 fully saturated rings. The monoisotopic (exact) mass is 456 g/mol. The number of aromatic amines is 1. The standard InChI is InChI=1S/C20H24N8O5/c1-3-11(17(30)26-13(19(32)33)6-7-14(29)22-2)5-4-8-23-9-12-10-24-16-15(25-12)18(31)28-20(21)27-16/h3-5,8,10,13,23H,1,6-7,9H2,2H3,(H,22,29)(H,26,30)(H,32,33)(H3,21,24,27,28,31)/b8-4+,11-5+/t13-/m0/s1. The van der Waals surface area contributed by atoms with Crippen molar-refractivity contribution < 1.29 is 19.5 Å². The first-order valence-electron chi connectivity index (χ1n) is 9.73. The van der Waals surface area contributed by atoms with Gasteiger partial charge in [0.25, 0.3) is 11.5 Å². The van der Waals surface area contributed by atoms with Gasteiger partial charge in [0.2, 0.25) is 11.9 Å². The van der Waals surface area contributed by atoms with Gasteiger partial charge in [0.15, 0.2) is 11.2 Å². The number of anilines is 1. The number of amides is 2. The third-order valence-electron chi connectivity index (χ3n) is 4.28. The molecule has 33 heavy (non-hydrogen) atoms. The number of nitrogens with one attached hydrogen (secondary N) is 4.